The van der Waals surface area contributed by atoms with Gasteiger partial charge in [0.05, 0.1) is 11.1 Å². The Morgan fingerprint density at radius 1 is 1.41 bits per heavy atom. The SMILES string of the molecule is Cc1cc(/C=N\NC(N)=S)c(C)n1-c1ccc([N+](=O)[O-])cc1. The highest BCUT2D eigenvalue weighted by molar-refractivity contribution is 7.80. The van der Waals surface area contributed by atoms with Crippen LogP contribution in [0.15, 0.2) is 35.4 Å². The number of rotatable bonds is 4. The van der Waals surface area contributed by atoms with Crippen molar-refractivity contribution in [2.75, 3.05) is 0 Å². The molecule has 1 aromatic carbocycles. The summed E-state index contributed by atoms with van der Waals surface area (Å²) in [7, 11) is 0. The number of non-ortho nitro benzene ring substituents is 1. The largest absolute Gasteiger partial charge is 0.375 e. The van der Waals surface area contributed by atoms with E-state index in [0.29, 0.717) is 0 Å². The van der Waals surface area contributed by atoms with Gasteiger partial charge >= 0.3 is 0 Å². The molecule has 0 bridgehead atoms. The van der Waals surface area contributed by atoms with Crippen molar-refractivity contribution in [2.24, 2.45) is 10.8 Å². The van der Waals surface area contributed by atoms with Gasteiger partial charge in [-0.1, -0.05) is 0 Å². The van der Waals surface area contributed by atoms with E-state index in [1.807, 2.05) is 24.5 Å². The fraction of sp³-hybridized carbons (Fsp3) is 0.143. The normalized spacial score (nSPS) is 10.8. The molecule has 2 rings (SSSR count). The first kappa shape index (κ1) is 15.6. The lowest BCUT2D eigenvalue weighted by molar-refractivity contribution is -0.384. The lowest BCUT2D eigenvalue weighted by atomic mass is 10.2. The molecule has 3 N–H and O–H groups in total. The van der Waals surface area contributed by atoms with E-state index in [1.165, 1.54) is 12.1 Å². The van der Waals surface area contributed by atoms with Crippen LogP contribution in [0.1, 0.15) is 17.0 Å². The molecule has 7 nitrogen and oxygen atoms in total. The molecule has 0 saturated carbocycles. The van der Waals surface area contributed by atoms with Gasteiger partial charge in [-0.05, 0) is 44.3 Å². The molecule has 0 aliphatic rings. The Morgan fingerprint density at radius 3 is 2.59 bits per heavy atom. The van der Waals surface area contributed by atoms with Crippen LogP contribution in [0.25, 0.3) is 5.69 Å². The maximum Gasteiger partial charge on any atom is 0.269 e. The van der Waals surface area contributed by atoms with Crippen LogP contribution < -0.4 is 11.2 Å². The van der Waals surface area contributed by atoms with Crippen molar-refractivity contribution in [1.82, 2.24) is 9.99 Å². The van der Waals surface area contributed by atoms with Crippen LogP contribution >= 0.6 is 12.2 Å². The Bertz CT molecular complexity index is 749. The minimum absolute atomic E-state index is 0.0636. The van der Waals surface area contributed by atoms with E-state index in [0.717, 1.165) is 22.6 Å². The van der Waals surface area contributed by atoms with E-state index < -0.39 is 4.92 Å². The van der Waals surface area contributed by atoms with Gasteiger partial charge in [-0.2, -0.15) is 5.10 Å². The van der Waals surface area contributed by atoms with Gasteiger partial charge in [-0.3, -0.25) is 15.5 Å². The summed E-state index contributed by atoms with van der Waals surface area (Å²) in [6.45, 7) is 3.89. The summed E-state index contributed by atoms with van der Waals surface area (Å²) < 4.78 is 1.99. The molecule has 0 atom stereocenters. The molecule has 22 heavy (non-hydrogen) atoms. The first-order valence-corrected chi connectivity index (χ1v) is 6.83. The Morgan fingerprint density at radius 2 is 2.05 bits per heavy atom. The highest BCUT2D eigenvalue weighted by atomic mass is 32.1. The summed E-state index contributed by atoms with van der Waals surface area (Å²) >= 11 is 4.68. The maximum atomic E-state index is 10.7. The predicted octanol–water partition coefficient (Wildman–Crippen LogP) is 2.17. The number of aryl methyl sites for hydroxylation is 1. The van der Waals surface area contributed by atoms with Crippen molar-refractivity contribution in [3.8, 4) is 5.69 Å². The van der Waals surface area contributed by atoms with Crippen LogP contribution in [-0.2, 0) is 0 Å². The van der Waals surface area contributed by atoms with E-state index in [9.17, 15) is 10.1 Å². The standard InChI is InChI=1S/C14H15N5O2S/c1-9-7-11(8-16-17-14(15)22)10(2)18(9)12-3-5-13(6-4-12)19(20)21/h3-8H,1-2H3,(H3,15,17,22)/b16-8-. The second-order valence-corrected chi connectivity index (χ2v) is 5.11. The minimum Gasteiger partial charge on any atom is -0.375 e. The van der Waals surface area contributed by atoms with Gasteiger partial charge in [0.15, 0.2) is 5.11 Å². The number of nitrogens with one attached hydrogen (secondary N) is 1. The molecule has 0 amide bonds. The van der Waals surface area contributed by atoms with Crippen molar-refractivity contribution in [3.05, 3.63) is 57.4 Å². The number of hydrogen-bond acceptors (Lipinski definition) is 4. The summed E-state index contributed by atoms with van der Waals surface area (Å²) in [6.07, 6.45) is 1.63. The molecule has 0 spiro atoms. The number of nitrogens with two attached hydrogens (primary N) is 1. The first-order chi connectivity index (χ1) is 10.4. The topological polar surface area (TPSA) is 98.5 Å². The van der Waals surface area contributed by atoms with Gasteiger partial charge in [-0.25, -0.2) is 0 Å². The molecule has 0 fully saturated rings. The molecular formula is C14H15N5O2S. The number of nitro benzene ring substituents is 1. The van der Waals surface area contributed by atoms with Crippen LogP contribution in [0.4, 0.5) is 5.69 Å². The molecule has 0 radical (unpaired) electrons. The van der Waals surface area contributed by atoms with Gasteiger partial charge in [0.2, 0.25) is 0 Å². The second kappa shape index (κ2) is 6.35. The fourth-order valence-corrected chi connectivity index (χ4v) is 2.26. The van der Waals surface area contributed by atoms with E-state index in [4.69, 9.17) is 5.73 Å². The number of benzene rings is 1. The number of aromatic nitrogens is 1. The predicted molar refractivity (Wildman–Crippen MR) is 89.4 cm³/mol. The Labute approximate surface area is 132 Å². The number of hydrazone groups is 1. The van der Waals surface area contributed by atoms with E-state index in [-0.39, 0.29) is 10.8 Å². The zero-order chi connectivity index (χ0) is 16.3. The maximum absolute atomic E-state index is 10.7. The van der Waals surface area contributed by atoms with E-state index >= 15 is 0 Å². The molecule has 0 unspecified atom stereocenters. The van der Waals surface area contributed by atoms with Gasteiger partial charge in [0.1, 0.15) is 0 Å². The average molecular weight is 317 g/mol. The first-order valence-electron chi connectivity index (χ1n) is 6.42. The highest BCUT2D eigenvalue weighted by Gasteiger charge is 2.11. The third-order valence-electron chi connectivity index (χ3n) is 3.17. The molecular weight excluding hydrogens is 302 g/mol. The molecule has 0 saturated heterocycles. The molecule has 0 aliphatic carbocycles. The molecule has 1 heterocycles. The van der Waals surface area contributed by atoms with Crippen molar-refractivity contribution < 1.29 is 4.92 Å². The lowest BCUT2D eigenvalue weighted by Crippen LogP contribution is -2.24. The van der Waals surface area contributed by atoms with Crippen LogP contribution in [0, 0.1) is 24.0 Å². The van der Waals surface area contributed by atoms with E-state index in [2.05, 4.69) is 22.7 Å². The van der Waals surface area contributed by atoms with Gasteiger partial charge in [0.25, 0.3) is 5.69 Å². The molecule has 2 aromatic rings. The number of hydrogen-bond donors (Lipinski definition) is 2. The van der Waals surface area contributed by atoms with Gasteiger partial charge in [-0.15, -0.1) is 0 Å². The van der Waals surface area contributed by atoms with Crippen molar-refractivity contribution in [1.29, 1.82) is 0 Å². The number of nitrogens with zero attached hydrogens (tertiary/aromatic N) is 3. The Balaban J connectivity index is 2.35. The van der Waals surface area contributed by atoms with E-state index in [1.54, 1.807) is 18.3 Å². The third kappa shape index (κ3) is 3.29. The number of thiocarbonyl (C=S) groups is 1. The van der Waals surface area contributed by atoms with Crippen molar-refractivity contribution in [3.63, 3.8) is 0 Å². The quantitative estimate of drug-likeness (QED) is 0.390. The number of nitro groups is 1. The van der Waals surface area contributed by atoms with Crippen LogP contribution in [0.5, 0.6) is 0 Å². The fourth-order valence-electron chi connectivity index (χ4n) is 2.20. The van der Waals surface area contributed by atoms with Crippen LogP contribution in [0.3, 0.4) is 0 Å². The lowest BCUT2D eigenvalue weighted by Gasteiger charge is -2.09. The zero-order valence-corrected chi connectivity index (χ0v) is 12.9. The highest BCUT2D eigenvalue weighted by Crippen LogP contribution is 2.21. The smallest absolute Gasteiger partial charge is 0.269 e. The summed E-state index contributed by atoms with van der Waals surface area (Å²) in [5, 5.41) is 14.8. The molecule has 114 valence electrons. The van der Waals surface area contributed by atoms with Crippen molar-refractivity contribution >= 4 is 29.2 Å². The summed E-state index contributed by atoms with van der Waals surface area (Å²) in [6, 6.07) is 8.35. The molecule has 0 aliphatic heterocycles. The minimum atomic E-state index is -0.418. The Hall–Kier alpha value is -2.74. The van der Waals surface area contributed by atoms with Crippen molar-refractivity contribution in [2.45, 2.75) is 13.8 Å². The van der Waals surface area contributed by atoms with Gasteiger partial charge < -0.3 is 10.3 Å². The Kier molecular flexibility index (Phi) is 4.52. The van der Waals surface area contributed by atoms with Gasteiger partial charge in [0, 0.05) is 34.8 Å². The zero-order valence-electron chi connectivity index (χ0n) is 12.1. The average Bonchev–Trinajstić information content (AvgIpc) is 2.73. The monoisotopic (exact) mass is 317 g/mol. The second-order valence-electron chi connectivity index (χ2n) is 4.67. The van der Waals surface area contributed by atoms with Crippen LogP contribution in [-0.4, -0.2) is 20.8 Å². The molecule has 8 heteroatoms. The molecule has 1 aromatic heterocycles. The summed E-state index contributed by atoms with van der Waals surface area (Å²) in [5.74, 6) is 0. The third-order valence-corrected chi connectivity index (χ3v) is 3.26. The summed E-state index contributed by atoms with van der Waals surface area (Å²) in [4.78, 5) is 10.3. The summed E-state index contributed by atoms with van der Waals surface area (Å²) in [5.41, 5.74) is 11.6. The van der Waals surface area contributed by atoms with Crippen LogP contribution in [0.2, 0.25) is 0 Å².